The van der Waals surface area contributed by atoms with Crippen LogP contribution in [0.5, 0.6) is 0 Å². The van der Waals surface area contributed by atoms with Crippen LogP contribution < -0.4 is 0 Å². The number of rotatable bonds is 2. The van der Waals surface area contributed by atoms with E-state index in [0.29, 0.717) is 0 Å². The van der Waals surface area contributed by atoms with Crippen molar-refractivity contribution in [1.29, 1.82) is 0 Å². The molecule has 0 aromatic carbocycles. The zero-order chi connectivity index (χ0) is 14.2. The van der Waals surface area contributed by atoms with Crippen LogP contribution in [0.2, 0.25) is 0 Å². The lowest BCUT2D eigenvalue weighted by atomic mass is 10.7. The van der Waals surface area contributed by atoms with Crippen LogP contribution >= 0.6 is 0 Å². The Morgan fingerprint density at radius 3 is 1.17 bits per heavy atom. The smallest absolute Gasteiger partial charge is 0.0489 e. The molecule has 18 heavy (non-hydrogen) atoms. The van der Waals surface area contributed by atoms with Crippen LogP contribution in [-0.2, 0) is 13.1 Å². The molecule has 0 amide bonds. The largest absolute Gasteiger partial charge is 0.273 e. The number of hydrogen-bond donors (Lipinski definition) is 0. The highest BCUT2D eigenvalue weighted by atomic mass is 15.3. The van der Waals surface area contributed by atoms with E-state index in [2.05, 4.69) is 24.0 Å². The average molecular weight is 252 g/mol. The van der Waals surface area contributed by atoms with Crippen LogP contribution in [0.1, 0.15) is 41.5 Å². The Bertz CT molecular complexity index is 277. The van der Waals surface area contributed by atoms with Gasteiger partial charge in [-0.15, -0.1) is 0 Å². The van der Waals surface area contributed by atoms with Crippen LogP contribution in [-0.4, -0.2) is 19.6 Å². The van der Waals surface area contributed by atoms with Gasteiger partial charge in [-0.05, 0) is 26.0 Å². The number of nitrogens with zero attached hydrogens (tertiary/aromatic N) is 4. The Hall–Kier alpha value is -1.58. The van der Waals surface area contributed by atoms with Gasteiger partial charge in [-0.1, -0.05) is 27.7 Å². The van der Waals surface area contributed by atoms with E-state index in [0.717, 1.165) is 13.1 Å². The maximum absolute atomic E-state index is 3.95. The van der Waals surface area contributed by atoms with Gasteiger partial charge in [0.2, 0.25) is 0 Å². The third kappa shape index (κ3) is 9.63. The summed E-state index contributed by atoms with van der Waals surface area (Å²) < 4.78 is 3.75. The van der Waals surface area contributed by atoms with Gasteiger partial charge in [-0.3, -0.25) is 9.36 Å². The molecule has 0 aliphatic rings. The first-order valence-corrected chi connectivity index (χ1v) is 6.81. The summed E-state index contributed by atoms with van der Waals surface area (Å²) in [6, 6.07) is 3.84. The van der Waals surface area contributed by atoms with E-state index in [4.69, 9.17) is 0 Å². The molecule has 0 saturated carbocycles. The van der Waals surface area contributed by atoms with Crippen molar-refractivity contribution in [2.45, 2.75) is 54.6 Å². The summed E-state index contributed by atoms with van der Waals surface area (Å²) in [5.41, 5.74) is 0. The van der Waals surface area contributed by atoms with E-state index in [9.17, 15) is 0 Å². The molecule has 0 unspecified atom stereocenters. The van der Waals surface area contributed by atoms with Gasteiger partial charge in [-0.2, -0.15) is 10.2 Å². The minimum absolute atomic E-state index is 0.965. The Morgan fingerprint density at radius 1 is 0.722 bits per heavy atom. The molecule has 0 N–H and O–H groups in total. The van der Waals surface area contributed by atoms with Crippen LogP contribution in [0.15, 0.2) is 36.9 Å². The van der Waals surface area contributed by atoms with Gasteiger partial charge in [0.05, 0.1) is 0 Å². The van der Waals surface area contributed by atoms with Crippen LogP contribution in [0, 0.1) is 0 Å². The summed E-state index contributed by atoms with van der Waals surface area (Å²) in [5.74, 6) is 0. The lowest BCUT2D eigenvalue weighted by Crippen LogP contribution is -1.91. The van der Waals surface area contributed by atoms with Crippen LogP contribution in [0.4, 0.5) is 0 Å². The molecule has 2 rings (SSSR count). The van der Waals surface area contributed by atoms with Crippen molar-refractivity contribution in [2.24, 2.45) is 0 Å². The Labute approximate surface area is 112 Å². The Balaban J connectivity index is 0. The van der Waals surface area contributed by atoms with Crippen molar-refractivity contribution < 1.29 is 0 Å². The first-order valence-electron chi connectivity index (χ1n) is 6.81. The first-order chi connectivity index (χ1) is 8.86. The normalized spacial score (nSPS) is 7.89. The summed E-state index contributed by atoms with van der Waals surface area (Å²) in [6.45, 7) is 14.1. The highest BCUT2D eigenvalue weighted by Crippen LogP contribution is 1.80. The summed E-state index contributed by atoms with van der Waals surface area (Å²) in [5, 5.41) is 7.90. The van der Waals surface area contributed by atoms with Crippen molar-refractivity contribution >= 4 is 0 Å². The summed E-state index contributed by atoms with van der Waals surface area (Å²) in [7, 11) is 0. The standard InChI is InChI=1S/2C5H8N2.2C2H6/c2*1-2-7-5-3-4-6-7;2*1-2/h2*3-5H,2H2,1H3;2*1-2H3. The summed E-state index contributed by atoms with van der Waals surface area (Å²) in [4.78, 5) is 0. The molecular weight excluding hydrogens is 224 g/mol. The number of aromatic nitrogens is 4. The van der Waals surface area contributed by atoms with Gasteiger partial charge < -0.3 is 0 Å². The summed E-state index contributed by atoms with van der Waals surface area (Å²) >= 11 is 0. The fourth-order valence-electron chi connectivity index (χ4n) is 0.975. The predicted octanol–water partition coefficient (Wildman–Crippen LogP) is 3.86. The van der Waals surface area contributed by atoms with E-state index in [1.807, 2.05) is 61.6 Å². The van der Waals surface area contributed by atoms with E-state index < -0.39 is 0 Å². The molecule has 0 saturated heterocycles. The summed E-state index contributed by atoms with van der Waals surface area (Å²) in [6.07, 6.45) is 7.45. The third-order valence-electron chi connectivity index (χ3n) is 1.77. The van der Waals surface area contributed by atoms with Crippen molar-refractivity contribution in [3.63, 3.8) is 0 Å². The maximum atomic E-state index is 3.95. The molecule has 2 aromatic heterocycles. The van der Waals surface area contributed by atoms with Gasteiger partial charge in [0, 0.05) is 37.9 Å². The molecule has 0 atom stereocenters. The molecule has 0 bridgehead atoms. The highest BCUT2D eigenvalue weighted by molar-refractivity contribution is 4.77. The molecule has 4 heteroatoms. The molecule has 2 heterocycles. The van der Waals surface area contributed by atoms with Crippen LogP contribution in [0.25, 0.3) is 0 Å². The monoisotopic (exact) mass is 252 g/mol. The fourth-order valence-corrected chi connectivity index (χ4v) is 0.975. The Kier molecular flexibility index (Phi) is 16.1. The molecular formula is C14H28N4. The third-order valence-corrected chi connectivity index (χ3v) is 1.77. The van der Waals surface area contributed by atoms with E-state index in [1.165, 1.54) is 0 Å². The second-order valence-electron chi connectivity index (χ2n) is 2.72. The quantitative estimate of drug-likeness (QED) is 0.813. The maximum Gasteiger partial charge on any atom is 0.0489 e. The zero-order valence-corrected chi connectivity index (χ0v) is 12.7. The van der Waals surface area contributed by atoms with Crippen molar-refractivity contribution in [1.82, 2.24) is 19.6 Å². The topological polar surface area (TPSA) is 35.6 Å². The number of hydrogen-bond acceptors (Lipinski definition) is 2. The second-order valence-corrected chi connectivity index (χ2v) is 2.72. The number of aryl methyl sites for hydroxylation is 2. The van der Waals surface area contributed by atoms with Crippen molar-refractivity contribution in [2.75, 3.05) is 0 Å². The van der Waals surface area contributed by atoms with Gasteiger partial charge in [0.25, 0.3) is 0 Å². The van der Waals surface area contributed by atoms with Gasteiger partial charge in [0.1, 0.15) is 0 Å². The van der Waals surface area contributed by atoms with Crippen molar-refractivity contribution in [3.05, 3.63) is 36.9 Å². The van der Waals surface area contributed by atoms with Crippen LogP contribution in [0.3, 0.4) is 0 Å². The fraction of sp³-hybridized carbons (Fsp3) is 0.571. The zero-order valence-electron chi connectivity index (χ0n) is 12.7. The van der Waals surface area contributed by atoms with Gasteiger partial charge in [0.15, 0.2) is 0 Å². The molecule has 104 valence electrons. The minimum atomic E-state index is 0.965. The predicted molar refractivity (Wildman–Crippen MR) is 78.5 cm³/mol. The molecule has 0 aliphatic carbocycles. The van der Waals surface area contributed by atoms with Gasteiger partial charge >= 0.3 is 0 Å². The second kappa shape index (κ2) is 15.4. The van der Waals surface area contributed by atoms with E-state index in [-0.39, 0.29) is 0 Å². The molecule has 0 fully saturated rings. The van der Waals surface area contributed by atoms with E-state index in [1.54, 1.807) is 12.4 Å². The SMILES string of the molecule is CC.CC.CCn1cccn1.CCn1cccn1. The molecule has 2 aromatic rings. The molecule has 0 radical (unpaired) electrons. The minimum Gasteiger partial charge on any atom is -0.273 e. The molecule has 0 spiro atoms. The average Bonchev–Trinajstić information content (AvgIpc) is 3.17. The van der Waals surface area contributed by atoms with Crippen molar-refractivity contribution in [3.8, 4) is 0 Å². The Morgan fingerprint density at radius 2 is 1.06 bits per heavy atom. The highest BCUT2D eigenvalue weighted by Gasteiger charge is 1.77. The van der Waals surface area contributed by atoms with Gasteiger partial charge in [-0.25, -0.2) is 0 Å². The first kappa shape index (κ1) is 18.8. The molecule has 0 aliphatic heterocycles. The molecule has 4 nitrogen and oxygen atoms in total. The lowest BCUT2D eigenvalue weighted by molar-refractivity contribution is 0.660. The van der Waals surface area contributed by atoms with E-state index >= 15 is 0 Å². The lowest BCUT2D eigenvalue weighted by Gasteiger charge is -1.87.